The van der Waals surface area contributed by atoms with Gasteiger partial charge in [-0.15, -0.1) is 0 Å². The van der Waals surface area contributed by atoms with Crippen molar-refractivity contribution in [3.8, 4) is 0 Å². The van der Waals surface area contributed by atoms with Crippen LogP contribution in [0.3, 0.4) is 0 Å². The largest absolute Gasteiger partial charge is 0.358 e. The monoisotopic (exact) mass is 393 g/mol. The third-order valence-electron chi connectivity index (χ3n) is 6.34. The lowest BCUT2D eigenvalue weighted by atomic mass is 10.1. The van der Waals surface area contributed by atoms with E-state index in [2.05, 4.69) is 50.5 Å². The zero-order valence-corrected chi connectivity index (χ0v) is 17.0. The molecule has 1 atom stereocenters. The molecule has 152 valence electrons. The maximum Gasteiger partial charge on any atom is 0.138 e. The summed E-state index contributed by atoms with van der Waals surface area (Å²) in [6.07, 6.45) is 4.72. The number of anilines is 1. The van der Waals surface area contributed by atoms with E-state index >= 15 is 0 Å². The van der Waals surface area contributed by atoms with Crippen LogP contribution in [-0.2, 0) is 6.54 Å². The summed E-state index contributed by atoms with van der Waals surface area (Å²) in [4.78, 5) is 12.1. The van der Waals surface area contributed by atoms with Gasteiger partial charge in [-0.3, -0.25) is 14.2 Å². The smallest absolute Gasteiger partial charge is 0.138 e. The molecule has 2 aromatic heterocycles. The first-order valence-electron chi connectivity index (χ1n) is 10.6. The predicted octanol–water partition coefficient (Wildman–Crippen LogP) is 3.56. The average molecular weight is 394 g/mol. The van der Waals surface area contributed by atoms with Crippen LogP contribution in [0.15, 0.2) is 48.7 Å². The minimum Gasteiger partial charge on any atom is -0.358 e. The predicted molar refractivity (Wildman–Crippen MR) is 114 cm³/mol. The quantitative estimate of drug-likeness (QED) is 0.677. The van der Waals surface area contributed by atoms with Gasteiger partial charge in [0.05, 0.1) is 11.7 Å². The van der Waals surface area contributed by atoms with Gasteiger partial charge in [-0.1, -0.05) is 24.3 Å². The summed E-state index contributed by atoms with van der Waals surface area (Å²) in [5, 5.41) is 0. The minimum atomic E-state index is -0.119. The summed E-state index contributed by atoms with van der Waals surface area (Å²) in [6.45, 7) is 5.62. The molecule has 5 rings (SSSR count). The zero-order chi connectivity index (χ0) is 19.8. The number of hydrogen-bond acceptors (Lipinski definition) is 4. The van der Waals surface area contributed by atoms with Gasteiger partial charge in [0.15, 0.2) is 0 Å². The van der Waals surface area contributed by atoms with Crippen molar-refractivity contribution in [1.82, 2.24) is 19.2 Å². The maximum atomic E-state index is 14.1. The van der Waals surface area contributed by atoms with Crippen molar-refractivity contribution >= 4 is 11.5 Å². The highest BCUT2D eigenvalue weighted by atomic mass is 19.1. The number of likely N-dealkylation sites (N-methyl/N-ethyl adjacent to an activating group) is 1. The number of nitrogens with zero attached hydrogens (tertiary/aromatic N) is 5. The molecule has 2 aliphatic heterocycles. The molecule has 0 N–H and O–H groups in total. The Labute approximate surface area is 171 Å². The van der Waals surface area contributed by atoms with E-state index in [1.165, 1.54) is 18.7 Å². The second-order valence-corrected chi connectivity index (χ2v) is 8.30. The molecule has 3 aromatic rings. The number of fused-ring (bicyclic) bond motifs is 1. The van der Waals surface area contributed by atoms with Gasteiger partial charge in [-0.2, -0.15) is 0 Å². The average Bonchev–Trinajstić information content (AvgIpc) is 3.40. The van der Waals surface area contributed by atoms with E-state index in [0.29, 0.717) is 6.54 Å². The molecule has 29 heavy (non-hydrogen) atoms. The van der Waals surface area contributed by atoms with Crippen LogP contribution in [0, 0.1) is 5.82 Å². The van der Waals surface area contributed by atoms with Crippen molar-refractivity contribution in [2.75, 3.05) is 44.7 Å². The van der Waals surface area contributed by atoms with E-state index in [0.717, 1.165) is 49.6 Å². The minimum absolute atomic E-state index is 0.119. The van der Waals surface area contributed by atoms with Crippen molar-refractivity contribution in [2.45, 2.75) is 25.4 Å². The van der Waals surface area contributed by atoms with Gasteiger partial charge in [0, 0.05) is 51.0 Å². The van der Waals surface area contributed by atoms with E-state index in [9.17, 15) is 4.39 Å². The Balaban J connectivity index is 1.41. The lowest BCUT2D eigenvalue weighted by Crippen LogP contribution is -2.46. The molecule has 6 heteroatoms. The lowest BCUT2D eigenvalue weighted by molar-refractivity contribution is 0.0878. The topological polar surface area (TPSA) is 27.0 Å². The summed E-state index contributed by atoms with van der Waals surface area (Å²) in [5.74, 6) is 1.12. The zero-order valence-electron chi connectivity index (χ0n) is 17.0. The standard InChI is InChI=1S/C23H28FN5/c1-26-13-14-27(15-18-7-2-3-8-19(18)24)17-21(26)20-16-29-22(25-20)9-6-10-23(29)28-11-4-5-12-28/h2-3,6-10,16,21H,4-5,11-15,17H2,1H3/t21-/m1/s1. The molecule has 5 nitrogen and oxygen atoms in total. The molecule has 1 aromatic carbocycles. The van der Waals surface area contributed by atoms with Crippen LogP contribution < -0.4 is 4.90 Å². The first-order chi connectivity index (χ1) is 14.2. The molecule has 0 spiro atoms. The molecular weight excluding hydrogens is 365 g/mol. The van der Waals surface area contributed by atoms with E-state index in [4.69, 9.17) is 4.98 Å². The summed E-state index contributed by atoms with van der Waals surface area (Å²) in [5.41, 5.74) is 2.86. The Hall–Kier alpha value is -2.44. The van der Waals surface area contributed by atoms with Crippen LogP contribution in [0.1, 0.15) is 30.1 Å². The molecule has 0 bridgehead atoms. The maximum absolute atomic E-state index is 14.1. The summed E-state index contributed by atoms with van der Waals surface area (Å²) >= 11 is 0. The summed E-state index contributed by atoms with van der Waals surface area (Å²) < 4.78 is 16.4. The van der Waals surface area contributed by atoms with Gasteiger partial charge in [-0.05, 0) is 38.1 Å². The Morgan fingerprint density at radius 2 is 1.83 bits per heavy atom. The van der Waals surface area contributed by atoms with E-state index in [1.54, 1.807) is 12.1 Å². The van der Waals surface area contributed by atoms with Gasteiger partial charge in [0.1, 0.15) is 17.3 Å². The number of pyridine rings is 1. The molecule has 2 aliphatic rings. The Kier molecular flexibility index (Phi) is 4.97. The highest BCUT2D eigenvalue weighted by Crippen LogP contribution is 2.28. The lowest BCUT2D eigenvalue weighted by Gasteiger charge is -2.38. The fraction of sp³-hybridized carbons (Fsp3) is 0.435. The second-order valence-electron chi connectivity index (χ2n) is 8.30. The van der Waals surface area contributed by atoms with Gasteiger partial charge in [-0.25, -0.2) is 9.37 Å². The Morgan fingerprint density at radius 1 is 1.00 bits per heavy atom. The highest BCUT2D eigenvalue weighted by molar-refractivity contribution is 5.53. The molecule has 4 heterocycles. The van der Waals surface area contributed by atoms with Crippen LogP contribution >= 0.6 is 0 Å². The number of imidazole rings is 1. The van der Waals surface area contributed by atoms with Crippen LogP contribution in [-0.4, -0.2) is 59.0 Å². The fourth-order valence-electron chi connectivity index (χ4n) is 4.64. The van der Waals surface area contributed by atoms with Crippen LogP contribution in [0.25, 0.3) is 5.65 Å². The van der Waals surface area contributed by atoms with E-state index in [-0.39, 0.29) is 11.9 Å². The molecule has 0 saturated carbocycles. The van der Waals surface area contributed by atoms with E-state index in [1.807, 2.05) is 12.1 Å². The van der Waals surface area contributed by atoms with Gasteiger partial charge >= 0.3 is 0 Å². The molecule has 0 radical (unpaired) electrons. The molecule has 0 unspecified atom stereocenters. The number of hydrogen-bond donors (Lipinski definition) is 0. The van der Waals surface area contributed by atoms with Crippen LogP contribution in [0.5, 0.6) is 0 Å². The third kappa shape index (κ3) is 3.63. The van der Waals surface area contributed by atoms with Crippen molar-refractivity contribution in [2.24, 2.45) is 0 Å². The second kappa shape index (κ2) is 7.76. The Morgan fingerprint density at radius 3 is 2.66 bits per heavy atom. The molecular formula is C23H28FN5. The van der Waals surface area contributed by atoms with E-state index < -0.39 is 0 Å². The molecule has 0 aliphatic carbocycles. The van der Waals surface area contributed by atoms with Crippen LogP contribution in [0.4, 0.5) is 10.2 Å². The number of piperazine rings is 1. The number of benzene rings is 1. The van der Waals surface area contributed by atoms with Crippen molar-refractivity contribution in [1.29, 1.82) is 0 Å². The molecule has 2 fully saturated rings. The van der Waals surface area contributed by atoms with Crippen LogP contribution in [0.2, 0.25) is 0 Å². The first-order valence-corrected chi connectivity index (χ1v) is 10.6. The van der Waals surface area contributed by atoms with Crippen molar-refractivity contribution in [3.63, 3.8) is 0 Å². The Bertz CT molecular complexity index is 994. The van der Waals surface area contributed by atoms with Gasteiger partial charge in [0.25, 0.3) is 0 Å². The number of rotatable bonds is 4. The van der Waals surface area contributed by atoms with Crippen molar-refractivity contribution < 1.29 is 4.39 Å². The summed E-state index contributed by atoms with van der Waals surface area (Å²) in [6, 6.07) is 13.7. The summed E-state index contributed by atoms with van der Waals surface area (Å²) in [7, 11) is 2.16. The number of halogens is 1. The van der Waals surface area contributed by atoms with Gasteiger partial charge < -0.3 is 4.90 Å². The van der Waals surface area contributed by atoms with Crippen molar-refractivity contribution in [3.05, 3.63) is 65.7 Å². The fourth-order valence-corrected chi connectivity index (χ4v) is 4.64. The van der Waals surface area contributed by atoms with Gasteiger partial charge in [0.2, 0.25) is 0 Å². The number of aromatic nitrogens is 2. The molecule has 2 saturated heterocycles. The highest BCUT2D eigenvalue weighted by Gasteiger charge is 2.28. The third-order valence-corrected chi connectivity index (χ3v) is 6.34. The normalized spacial score (nSPS) is 21.3. The molecule has 0 amide bonds. The first kappa shape index (κ1) is 18.6. The SMILES string of the molecule is CN1CCN(Cc2ccccc2F)C[C@@H]1c1cn2c(N3CCCC3)cccc2n1.